The SMILES string of the molecule is COc1ccc(CC(=S)NC(=O)C2CCCCC2)cc1.COc1ccc(CC(N)=S)cc1.O=C(Cl)C1CCCCC1. The third-order valence-corrected chi connectivity index (χ3v) is 7.93. The van der Waals surface area contributed by atoms with E-state index < -0.39 is 0 Å². The van der Waals surface area contributed by atoms with E-state index >= 15 is 0 Å². The van der Waals surface area contributed by atoms with Crippen LogP contribution in [0, 0.1) is 11.8 Å². The van der Waals surface area contributed by atoms with Crippen molar-refractivity contribution in [3.63, 3.8) is 0 Å². The Labute approximate surface area is 260 Å². The number of thiocarbonyl (C=S) groups is 2. The van der Waals surface area contributed by atoms with Crippen LogP contribution in [-0.4, -0.2) is 35.3 Å². The molecular weight excluding hydrogens is 576 g/mol. The number of ether oxygens (including phenoxy) is 2. The quantitative estimate of drug-likeness (QED) is 0.240. The topological polar surface area (TPSA) is 90.7 Å². The highest BCUT2D eigenvalue weighted by molar-refractivity contribution is 7.80. The van der Waals surface area contributed by atoms with Crippen LogP contribution >= 0.6 is 36.0 Å². The van der Waals surface area contributed by atoms with E-state index in [9.17, 15) is 9.59 Å². The van der Waals surface area contributed by atoms with Gasteiger partial charge in [-0.15, -0.1) is 0 Å². The number of nitrogens with two attached hydrogens (primary N) is 1. The summed E-state index contributed by atoms with van der Waals surface area (Å²) >= 11 is 15.4. The summed E-state index contributed by atoms with van der Waals surface area (Å²) < 4.78 is 10.1. The zero-order valence-corrected chi connectivity index (χ0v) is 26.6. The van der Waals surface area contributed by atoms with Gasteiger partial charge in [0.1, 0.15) is 11.5 Å². The molecule has 0 unspecified atom stereocenters. The van der Waals surface area contributed by atoms with Crippen LogP contribution in [0.25, 0.3) is 0 Å². The Morgan fingerprint density at radius 2 is 1.17 bits per heavy atom. The van der Waals surface area contributed by atoms with E-state index in [2.05, 4.69) is 5.32 Å². The first kappa shape index (κ1) is 34.7. The Bertz CT molecular complexity index is 1100. The molecule has 2 aromatic rings. The van der Waals surface area contributed by atoms with Gasteiger partial charge in [-0.1, -0.05) is 87.2 Å². The fourth-order valence-corrected chi connectivity index (χ4v) is 5.50. The molecule has 2 fully saturated rings. The van der Waals surface area contributed by atoms with Gasteiger partial charge in [0.15, 0.2) is 0 Å². The predicted molar refractivity (Wildman–Crippen MR) is 175 cm³/mol. The van der Waals surface area contributed by atoms with Crippen molar-refractivity contribution in [2.75, 3.05) is 14.2 Å². The minimum atomic E-state index is -0.130. The highest BCUT2D eigenvalue weighted by atomic mass is 35.5. The van der Waals surface area contributed by atoms with Gasteiger partial charge >= 0.3 is 0 Å². The molecule has 4 rings (SSSR count). The number of benzene rings is 2. The molecule has 0 radical (unpaired) electrons. The Morgan fingerprint density at radius 3 is 1.54 bits per heavy atom. The van der Waals surface area contributed by atoms with Gasteiger partial charge in [0, 0.05) is 24.7 Å². The lowest BCUT2D eigenvalue weighted by molar-refractivity contribution is -0.124. The van der Waals surface area contributed by atoms with E-state index in [0.717, 1.165) is 61.2 Å². The van der Waals surface area contributed by atoms with Crippen molar-refractivity contribution in [1.82, 2.24) is 5.32 Å². The molecule has 1 amide bonds. The van der Waals surface area contributed by atoms with Crippen LogP contribution in [0.1, 0.15) is 75.3 Å². The van der Waals surface area contributed by atoms with E-state index in [1.807, 2.05) is 48.5 Å². The van der Waals surface area contributed by atoms with E-state index in [4.69, 9.17) is 51.2 Å². The standard InChI is InChI=1S/C16H21NO2S.C9H11NOS.C7H11ClO/c1-19-14-9-7-12(8-10-14)11-15(20)17-16(18)13-5-3-2-4-6-13;1-11-8-4-2-7(3-5-8)6-9(10)12;8-7(9)6-4-2-1-3-5-6/h7-10,13H,2-6,11H2,1H3,(H,17,18,20);2-5H,6H2,1H3,(H2,10,12);6H,1-5H2. The van der Waals surface area contributed by atoms with Gasteiger partial charge in [-0.05, 0) is 72.7 Å². The summed E-state index contributed by atoms with van der Waals surface area (Å²) in [4.78, 5) is 23.8. The van der Waals surface area contributed by atoms with Gasteiger partial charge in [-0.25, -0.2) is 0 Å². The molecular formula is C32H43ClN2O4S2. The second kappa shape index (κ2) is 19.5. The van der Waals surface area contributed by atoms with Crippen LogP contribution in [-0.2, 0) is 22.4 Å². The van der Waals surface area contributed by atoms with Crippen LogP contribution in [0.2, 0.25) is 0 Å². The van der Waals surface area contributed by atoms with Crippen molar-refractivity contribution >= 4 is 57.2 Å². The lowest BCUT2D eigenvalue weighted by atomic mass is 9.88. The number of methoxy groups -OCH3 is 2. The van der Waals surface area contributed by atoms with Gasteiger partial charge in [0.25, 0.3) is 0 Å². The van der Waals surface area contributed by atoms with Gasteiger partial charge in [0.05, 0.1) is 24.2 Å². The molecule has 0 spiro atoms. The Morgan fingerprint density at radius 1 is 0.756 bits per heavy atom. The largest absolute Gasteiger partial charge is 0.497 e. The average Bonchev–Trinajstić information content (AvgIpc) is 2.99. The van der Waals surface area contributed by atoms with Crippen LogP contribution in [0.5, 0.6) is 11.5 Å². The molecule has 0 aromatic heterocycles. The predicted octanol–water partition coefficient (Wildman–Crippen LogP) is 7.12. The normalized spacial score (nSPS) is 15.2. The number of amides is 1. The highest BCUT2D eigenvalue weighted by Crippen LogP contribution is 2.25. The smallest absolute Gasteiger partial charge is 0.227 e. The molecule has 2 aliphatic carbocycles. The van der Waals surface area contributed by atoms with Crippen molar-refractivity contribution in [2.45, 2.75) is 77.0 Å². The van der Waals surface area contributed by atoms with Crippen LogP contribution in [0.3, 0.4) is 0 Å². The van der Waals surface area contributed by atoms with Gasteiger partial charge in [-0.2, -0.15) is 0 Å². The fourth-order valence-electron chi connectivity index (χ4n) is 4.85. The number of carbonyl (C=O) groups excluding carboxylic acids is 2. The Hall–Kier alpha value is -2.55. The van der Waals surface area contributed by atoms with Crippen molar-refractivity contribution in [3.8, 4) is 11.5 Å². The molecule has 6 nitrogen and oxygen atoms in total. The second-order valence-electron chi connectivity index (χ2n) is 10.4. The molecule has 2 saturated carbocycles. The first-order valence-corrected chi connectivity index (χ1v) is 15.5. The lowest BCUT2D eigenvalue weighted by Gasteiger charge is -2.20. The molecule has 0 saturated heterocycles. The summed E-state index contributed by atoms with van der Waals surface area (Å²) in [6.45, 7) is 0. The molecule has 224 valence electrons. The molecule has 9 heteroatoms. The molecule has 2 aromatic carbocycles. The van der Waals surface area contributed by atoms with Crippen molar-refractivity contribution < 1.29 is 19.1 Å². The third-order valence-electron chi connectivity index (χ3n) is 7.23. The molecule has 0 heterocycles. The molecule has 0 atom stereocenters. The van der Waals surface area contributed by atoms with Gasteiger partial charge < -0.3 is 20.5 Å². The zero-order valence-electron chi connectivity index (χ0n) is 24.2. The minimum Gasteiger partial charge on any atom is -0.497 e. The van der Waals surface area contributed by atoms with Crippen LogP contribution in [0.15, 0.2) is 48.5 Å². The maximum Gasteiger partial charge on any atom is 0.227 e. The summed E-state index contributed by atoms with van der Waals surface area (Å²) in [5, 5.41) is 2.76. The van der Waals surface area contributed by atoms with Gasteiger partial charge in [0.2, 0.25) is 11.1 Å². The fraction of sp³-hybridized carbons (Fsp3) is 0.500. The average molecular weight is 619 g/mol. The monoisotopic (exact) mass is 618 g/mol. The van der Waals surface area contributed by atoms with Crippen LogP contribution in [0.4, 0.5) is 0 Å². The van der Waals surface area contributed by atoms with Gasteiger partial charge in [-0.3, -0.25) is 9.59 Å². The Kier molecular flexibility index (Phi) is 16.5. The maximum atomic E-state index is 12.1. The summed E-state index contributed by atoms with van der Waals surface area (Å²) in [6, 6.07) is 15.5. The first-order chi connectivity index (χ1) is 19.7. The molecule has 3 N–H and O–H groups in total. The first-order valence-electron chi connectivity index (χ1n) is 14.3. The van der Waals surface area contributed by atoms with Crippen molar-refractivity contribution in [1.29, 1.82) is 0 Å². The van der Waals surface area contributed by atoms with Crippen LogP contribution < -0.4 is 20.5 Å². The lowest BCUT2D eigenvalue weighted by Crippen LogP contribution is -2.36. The summed E-state index contributed by atoms with van der Waals surface area (Å²) in [7, 11) is 3.28. The van der Waals surface area contributed by atoms with Crippen molar-refractivity contribution in [3.05, 3.63) is 59.7 Å². The number of hydrogen-bond acceptors (Lipinski definition) is 6. The highest BCUT2D eigenvalue weighted by Gasteiger charge is 2.21. The number of nitrogens with one attached hydrogen (secondary N) is 1. The van der Waals surface area contributed by atoms with E-state index in [1.54, 1.807) is 14.2 Å². The van der Waals surface area contributed by atoms with E-state index in [-0.39, 0.29) is 23.0 Å². The second-order valence-corrected chi connectivity index (χ2v) is 11.8. The number of carbonyl (C=O) groups is 2. The number of halogens is 1. The summed E-state index contributed by atoms with van der Waals surface area (Å²) in [5.74, 6) is 2.11. The molecule has 2 aliphatic rings. The minimum absolute atomic E-state index is 0.100. The summed E-state index contributed by atoms with van der Waals surface area (Å²) in [5.41, 5.74) is 7.59. The third kappa shape index (κ3) is 14.3. The molecule has 0 bridgehead atoms. The summed E-state index contributed by atoms with van der Waals surface area (Å²) in [6.07, 6.45) is 12.5. The van der Waals surface area contributed by atoms with Crippen molar-refractivity contribution in [2.24, 2.45) is 17.6 Å². The number of rotatable bonds is 8. The zero-order chi connectivity index (χ0) is 30.0. The molecule has 41 heavy (non-hydrogen) atoms. The number of hydrogen-bond donors (Lipinski definition) is 2. The Balaban J connectivity index is 0.000000237. The van der Waals surface area contributed by atoms with E-state index in [0.29, 0.717) is 22.8 Å². The molecule has 0 aliphatic heterocycles. The van der Waals surface area contributed by atoms with E-state index in [1.165, 1.54) is 25.7 Å². The maximum absolute atomic E-state index is 12.1.